The predicted molar refractivity (Wildman–Crippen MR) is 94.6 cm³/mol. The van der Waals surface area contributed by atoms with E-state index in [-0.39, 0.29) is 49.8 Å². The van der Waals surface area contributed by atoms with Crippen molar-refractivity contribution in [3.05, 3.63) is 0 Å². The van der Waals surface area contributed by atoms with Crippen LogP contribution < -0.4 is 0 Å². The van der Waals surface area contributed by atoms with Gasteiger partial charge >= 0.3 is 165 Å². The number of hydrogen-bond donors (Lipinski definition) is 0. The van der Waals surface area contributed by atoms with Crippen LogP contribution in [-0.2, 0) is 52.7 Å². The first-order chi connectivity index (χ1) is 12.5. The summed E-state index contributed by atoms with van der Waals surface area (Å²) in [6, 6.07) is 0. The molecular weight excluding hydrogens is 392 g/mol. The third-order valence-corrected chi connectivity index (χ3v) is 9.01. The van der Waals surface area contributed by atoms with Crippen molar-refractivity contribution in [1.82, 2.24) is 0 Å². The number of Topliss-reactive ketones (excluding diaryl/α,β-unsaturated/α-hetero) is 2. The molecule has 0 N–H and O–H groups in total. The van der Waals surface area contributed by atoms with Gasteiger partial charge in [-0.15, -0.1) is 0 Å². The van der Waals surface area contributed by atoms with Gasteiger partial charge in [0.25, 0.3) is 0 Å². The Hall–Kier alpha value is -1.09. The zero-order valence-corrected chi connectivity index (χ0v) is 18.7. The molecule has 0 radical (unpaired) electrons. The molecule has 0 aromatic carbocycles. The molecule has 0 fully saturated rings. The fraction of sp³-hybridized carbons (Fsp3) is 0.778. The summed E-state index contributed by atoms with van der Waals surface area (Å²) in [6.07, 6.45) is -0.744. The molecule has 8 nitrogen and oxygen atoms in total. The van der Waals surface area contributed by atoms with Crippen molar-refractivity contribution in [3.63, 3.8) is 0 Å². The summed E-state index contributed by atoms with van der Waals surface area (Å²) < 4.78 is 23.3. The molecule has 0 aromatic heterocycles. The van der Waals surface area contributed by atoms with Crippen LogP contribution in [0, 0.1) is 0 Å². The molecule has 0 saturated heterocycles. The molecule has 0 saturated carbocycles. The number of rotatable bonds is 14. The Bertz CT molecular complexity index is 469. The van der Waals surface area contributed by atoms with Crippen LogP contribution in [0.15, 0.2) is 0 Å². The minimum absolute atomic E-state index is 0.0763. The summed E-state index contributed by atoms with van der Waals surface area (Å²) in [5.41, 5.74) is 0. The number of hydrogen-bond acceptors (Lipinski definition) is 8. The molecule has 0 aromatic rings. The standard InChI is InChI=1S/2C6H9O3.2C3H7O.Ti/c2*1-3-9-6(8)4-5(2)7;2*1-3(2)4;/h2*1,3-4H2,2H3;2*3H,1-2H3;/q;;2*-1;+2. The van der Waals surface area contributed by atoms with E-state index in [1.165, 1.54) is 13.8 Å². The Morgan fingerprint density at radius 3 is 1.30 bits per heavy atom. The van der Waals surface area contributed by atoms with Gasteiger partial charge in [0.05, 0.1) is 0 Å². The van der Waals surface area contributed by atoms with Gasteiger partial charge in [0.2, 0.25) is 0 Å². The van der Waals surface area contributed by atoms with Gasteiger partial charge < -0.3 is 0 Å². The molecule has 0 bridgehead atoms. The zero-order valence-electron chi connectivity index (χ0n) is 17.2. The topological polar surface area (TPSA) is 105 Å². The van der Waals surface area contributed by atoms with Crippen molar-refractivity contribution in [1.29, 1.82) is 0 Å². The van der Waals surface area contributed by atoms with Gasteiger partial charge in [-0.25, -0.2) is 0 Å². The van der Waals surface area contributed by atoms with Crippen LogP contribution in [-0.4, -0.2) is 48.9 Å². The summed E-state index contributed by atoms with van der Waals surface area (Å²) >= 11 is -3.47. The summed E-state index contributed by atoms with van der Waals surface area (Å²) in [7, 11) is 0. The Morgan fingerprint density at radius 1 is 0.704 bits per heavy atom. The molecule has 0 unspecified atom stereocenters. The molecule has 156 valence electrons. The second-order valence-electron chi connectivity index (χ2n) is 6.94. The molecule has 0 aliphatic rings. The number of ether oxygens (including phenoxy) is 2. The van der Waals surface area contributed by atoms with Gasteiger partial charge in [0.15, 0.2) is 0 Å². The van der Waals surface area contributed by atoms with E-state index >= 15 is 0 Å². The van der Waals surface area contributed by atoms with Gasteiger partial charge in [-0.2, -0.15) is 0 Å². The van der Waals surface area contributed by atoms with E-state index in [4.69, 9.17) is 16.1 Å². The van der Waals surface area contributed by atoms with Crippen LogP contribution in [0.25, 0.3) is 0 Å². The molecule has 0 atom stereocenters. The van der Waals surface area contributed by atoms with Crippen LogP contribution in [0.2, 0.25) is 9.45 Å². The van der Waals surface area contributed by atoms with Crippen LogP contribution in [0.4, 0.5) is 0 Å². The van der Waals surface area contributed by atoms with Crippen molar-refractivity contribution >= 4 is 23.5 Å². The summed E-state index contributed by atoms with van der Waals surface area (Å²) in [4.78, 5) is 45.1. The van der Waals surface area contributed by atoms with E-state index in [0.717, 1.165) is 0 Å². The Morgan fingerprint density at radius 2 is 1.04 bits per heavy atom. The van der Waals surface area contributed by atoms with E-state index in [2.05, 4.69) is 0 Å². The Labute approximate surface area is 165 Å². The number of carbonyl (C=O) groups excluding carboxylic acids is 4. The van der Waals surface area contributed by atoms with Crippen molar-refractivity contribution in [2.45, 2.75) is 76.0 Å². The second kappa shape index (κ2) is 13.2. The molecule has 0 heterocycles. The third kappa shape index (κ3) is 13.7. The van der Waals surface area contributed by atoms with E-state index in [1.807, 2.05) is 27.7 Å². The summed E-state index contributed by atoms with van der Waals surface area (Å²) in [5, 5.41) is 0. The first-order valence-electron chi connectivity index (χ1n) is 9.11. The normalized spacial score (nSPS) is 11.6. The maximum absolute atomic E-state index is 11.6. The molecule has 0 aliphatic heterocycles. The van der Waals surface area contributed by atoms with E-state index in [1.54, 1.807) is 0 Å². The van der Waals surface area contributed by atoms with Gasteiger partial charge in [0, 0.05) is 0 Å². The van der Waals surface area contributed by atoms with Gasteiger partial charge in [-0.3, -0.25) is 0 Å². The molecule has 9 heteroatoms. The first kappa shape index (κ1) is 25.9. The molecule has 0 rings (SSSR count). The average molecular weight is 424 g/mol. The van der Waals surface area contributed by atoms with Gasteiger partial charge in [0.1, 0.15) is 0 Å². The van der Waals surface area contributed by atoms with E-state index in [0.29, 0.717) is 9.45 Å². The van der Waals surface area contributed by atoms with Crippen LogP contribution >= 0.6 is 0 Å². The van der Waals surface area contributed by atoms with Crippen molar-refractivity contribution < 1.29 is 52.7 Å². The quantitative estimate of drug-likeness (QED) is 0.238. The SMILES string of the molecule is CC(=O)CC(=O)OC[CH2][Ti]([CH2]COC(=O)CC(C)=O)([O]C(C)C)[O]C(C)C. The fourth-order valence-corrected chi connectivity index (χ4v) is 7.58. The zero-order chi connectivity index (χ0) is 21.0. The van der Waals surface area contributed by atoms with Crippen molar-refractivity contribution in [3.8, 4) is 0 Å². The minimum atomic E-state index is -3.47. The van der Waals surface area contributed by atoms with Gasteiger partial charge in [-0.1, -0.05) is 0 Å². The molecular formula is C18H32O8Ti. The summed E-state index contributed by atoms with van der Waals surface area (Å²) in [5.74, 6) is -1.69. The fourth-order valence-electron chi connectivity index (χ4n) is 2.40. The van der Waals surface area contributed by atoms with Crippen molar-refractivity contribution in [2.24, 2.45) is 0 Å². The molecule has 0 amide bonds. The van der Waals surface area contributed by atoms with Crippen LogP contribution in [0.1, 0.15) is 54.4 Å². The summed E-state index contributed by atoms with van der Waals surface area (Å²) in [6.45, 7) is 10.3. The first-order valence-corrected chi connectivity index (χ1v) is 12.6. The molecule has 0 spiro atoms. The average Bonchev–Trinajstić information content (AvgIpc) is 2.43. The van der Waals surface area contributed by atoms with Gasteiger partial charge in [-0.05, 0) is 0 Å². The Kier molecular flexibility index (Phi) is 12.6. The maximum atomic E-state index is 11.6. The Balaban J connectivity index is 4.93. The number of esters is 2. The predicted octanol–water partition coefficient (Wildman–Crippen LogP) is 2.70. The van der Waals surface area contributed by atoms with Crippen LogP contribution in [0.3, 0.4) is 0 Å². The van der Waals surface area contributed by atoms with E-state index in [9.17, 15) is 19.2 Å². The molecule has 0 aliphatic carbocycles. The van der Waals surface area contributed by atoms with Crippen molar-refractivity contribution in [2.75, 3.05) is 13.2 Å². The van der Waals surface area contributed by atoms with E-state index < -0.39 is 29.3 Å². The monoisotopic (exact) mass is 424 g/mol. The second-order valence-corrected chi connectivity index (χ2v) is 12.1. The molecule has 27 heavy (non-hydrogen) atoms. The van der Waals surface area contributed by atoms with Crippen LogP contribution in [0.5, 0.6) is 0 Å². The number of ketones is 2. The number of carbonyl (C=O) groups is 4. The third-order valence-electron chi connectivity index (χ3n) is 3.18.